The molecule has 1 aliphatic heterocycles. The second-order valence-corrected chi connectivity index (χ2v) is 8.63. The zero-order valence-electron chi connectivity index (χ0n) is 19.1. The molecule has 1 amide bonds. The quantitative estimate of drug-likeness (QED) is 0.618. The Kier molecular flexibility index (Phi) is 8.46. The van der Waals surface area contributed by atoms with Crippen molar-refractivity contribution in [2.24, 2.45) is 0 Å². The van der Waals surface area contributed by atoms with Gasteiger partial charge >= 0.3 is 0 Å². The summed E-state index contributed by atoms with van der Waals surface area (Å²) in [4.78, 5) is 17.1. The molecule has 6 nitrogen and oxygen atoms in total. The lowest BCUT2D eigenvalue weighted by Crippen LogP contribution is -2.44. The first-order valence-electron chi connectivity index (χ1n) is 11.0. The van der Waals surface area contributed by atoms with Crippen LogP contribution in [-0.2, 0) is 11.3 Å². The fraction of sp³-hybridized carbons (Fsp3) is 0.480. The van der Waals surface area contributed by atoms with Crippen molar-refractivity contribution in [1.82, 2.24) is 9.80 Å². The molecule has 1 saturated heterocycles. The highest BCUT2D eigenvalue weighted by molar-refractivity contribution is 6.04. The minimum absolute atomic E-state index is 0.111. The second kappa shape index (κ2) is 11.3. The molecule has 3 rings (SSSR count). The fourth-order valence-corrected chi connectivity index (χ4v) is 3.84. The van der Waals surface area contributed by atoms with Crippen LogP contribution in [0.5, 0.6) is 5.75 Å². The van der Waals surface area contributed by atoms with Gasteiger partial charge in [-0.2, -0.15) is 0 Å². The predicted molar refractivity (Wildman–Crippen MR) is 125 cm³/mol. The van der Waals surface area contributed by atoms with Crippen LogP contribution in [0.2, 0.25) is 0 Å². The number of nitrogens with one attached hydrogen (secondary N) is 1. The van der Waals surface area contributed by atoms with Crippen molar-refractivity contribution >= 4 is 11.6 Å². The molecule has 2 aromatic carbocycles. The highest BCUT2D eigenvalue weighted by atomic mass is 16.5. The summed E-state index contributed by atoms with van der Waals surface area (Å²) in [5, 5.41) is 2.95. The Morgan fingerprint density at radius 2 is 1.71 bits per heavy atom. The lowest BCUT2D eigenvalue weighted by atomic mass is 10.1. The summed E-state index contributed by atoms with van der Waals surface area (Å²) in [6, 6.07) is 15.4. The maximum atomic E-state index is 12.6. The number of amides is 1. The van der Waals surface area contributed by atoms with E-state index in [0.29, 0.717) is 12.2 Å². The molecule has 1 aliphatic rings. The van der Waals surface area contributed by atoms with Gasteiger partial charge in [-0.05, 0) is 76.3 Å². The van der Waals surface area contributed by atoms with Gasteiger partial charge in [0.2, 0.25) is 0 Å². The lowest BCUT2D eigenvalue weighted by Gasteiger charge is -2.35. The molecule has 2 atom stereocenters. The molecule has 0 aromatic heterocycles. The van der Waals surface area contributed by atoms with Gasteiger partial charge in [0.25, 0.3) is 5.91 Å². The van der Waals surface area contributed by atoms with Crippen molar-refractivity contribution in [3.63, 3.8) is 0 Å². The van der Waals surface area contributed by atoms with Crippen LogP contribution in [0, 0.1) is 0 Å². The maximum Gasteiger partial charge on any atom is 0.255 e. The van der Waals surface area contributed by atoms with Crippen molar-refractivity contribution < 1.29 is 14.3 Å². The molecule has 0 bridgehead atoms. The summed E-state index contributed by atoms with van der Waals surface area (Å²) in [7, 11) is 4.10. The number of nitrogens with zero attached hydrogens (tertiary/aromatic N) is 2. The van der Waals surface area contributed by atoms with E-state index in [2.05, 4.69) is 43.1 Å². The average Bonchev–Trinajstić information content (AvgIpc) is 2.72. The Morgan fingerprint density at radius 1 is 1.06 bits per heavy atom. The van der Waals surface area contributed by atoms with Gasteiger partial charge < -0.3 is 19.7 Å². The van der Waals surface area contributed by atoms with Gasteiger partial charge in [-0.15, -0.1) is 0 Å². The third-order valence-electron chi connectivity index (χ3n) is 5.25. The van der Waals surface area contributed by atoms with Gasteiger partial charge in [0.05, 0.1) is 18.8 Å². The molecule has 1 N–H and O–H groups in total. The van der Waals surface area contributed by atoms with Gasteiger partial charge in [0.15, 0.2) is 0 Å². The first kappa shape index (κ1) is 23.3. The zero-order chi connectivity index (χ0) is 22.2. The Morgan fingerprint density at radius 3 is 2.32 bits per heavy atom. The summed E-state index contributed by atoms with van der Waals surface area (Å²) in [5.74, 6) is 0.702. The van der Waals surface area contributed by atoms with E-state index < -0.39 is 0 Å². The summed E-state index contributed by atoms with van der Waals surface area (Å²) >= 11 is 0. The monoisotopic (exact) mass is 425 g/mol. The number of carbonyl (C=O) groups excluding carboxylic acids is 1. The highest BCUT2D eigenvalue weighted by Gasteiger charge is 2.22. The van der Waals surface area contributed by atoms with E-state index in [-0.39, 0.29) is 18.1 Å². The van der Waals surface area contributed by atoms with E-state index in [1.807, 2.05) is 48.5 Å². The Labute approximate surface area is 186 Å². The summed E-state index contributed by atoms with van der Waals surface area (Å²) in [5.41, 5.74) is 2.61. The first-order chi connectivity index (χ1) is 14.9. The number of benzene rings is 2. The normalized spacial score (nSPS) is 19.4. The van der Waals surface area contributed by atoms with E-state index in [9.17, 15) is 4.79 Å². The molecule has 0 saturated carbocycles. The number of hydrogen-bond acceptors (Lipinski definition) is 5. The molecule has 0 spiro atoms. The van der Waals surface area contributed by atoms with Gasteiger partial charge in [-0.1, -0.05) is 12.1 Å². The highest BCUT2D eigenvalue weighted by Crippen LogP contribution is 2.18. The second-order valence-electron chi connectivity index (χ2n) is 8.63. The van der Waals surface area contributed by atoms with Gasteiger partial charge in [-0.3, -0.25) is 9.69 Å². The molecule has 6 heteroatoms. The van der Waals surface area contributed by atoms with Crippen molar-refractivity contribution in [1.29, 1.82) is 0 Å². The molecular weight excluding hydrogens is 390 g/mol. The number of hydrogen-bond donors (Lipinski definition) is 1. The Hall–Kier alpha value is -2.41. The Bertz CT molecular complexity index is 811. The fourth-order valence-electron chi connectivity index (χ4n) is 3.84. The van der Waals surface area contributed by atoms with Gasteiger partial charge in [0, 0.05) is 37.4 Å². The van der Waals surface area contributed by atoms with Gasteiger partial charge in [0.1, 0.15) is 5.75 Å². The summed E-state index contributed by atoms with van der Waals surface area (Å²) in [6.45, 7) is 8.63. The molecule has 0 aliphatic carbocycles. The van der Waals surface area contributed by atoms with Crippen LogP contribution in [0.4, 0.5) is 5.69 Å². The smallest absolute Gasteiger partial charge is 0.255 e. The van der Waals surface area contributed by atoms with E-state index in [1.54, 1.807) is 0 Å². The third-order valence-corrected chi connectivity index (χ3v) is 5.25. The van der Waals surface area contributed by atoms with E-state index in [0.717, 1.165) is 44.0 Å². The van der Waals surface area contributed by atoms with Gasteiger partial charge in [-0.25, -0.2) is 0 Å². The minimum atomic E-state index is -0.111. The van der Waals surface area contributed by atoms with Crippen molar-refractivity contribution in [3.8, 4) is 5.75 Å². The molecular formula is C25H35N3O3. The summed E-state index contributed by atoms with van der Waals surface area (Å²) < 4.78 is 11.5. The molecule has 1 heterocycles. The number of ether oxygens (including phenoxy) is 2. The largest absolute Gasteiger partial charge is 0.494 e. The molecule has 168 valence electrons. The lowest BCUT2D eigenvalue weighted by molar-refractivity contribution is -0.0704. The number of morpholine rings is 1. The molecule has 0 radical (unpaired) electrons. The molecule has 2 aromatic rings. The first-order valence-corrected chi connectivity index (χ1v) is 11.0. The number of rotatable bonds is 9. The molecule has 1 fully saturated rings. The number of carbonyl (C=O) groups is 1. The standard InChI is InChI=1S/C25H35N3O3/c1-19-16-28(17-20(2)31-19)18-21-6-8-22(9-7-21)25(29)26-23-10-12-24(13-11-23)30-15-5-14-27(3)4/h6-13,19-20H,5,14-18H2,1-4H3,(H,26,29). The van der Waals surface area contributed by atoms with Crippen molar-refractivity contribution in [2.75, 3.05) is 45.7 Å². The van der Waals surface area contributed by atoms with E-state index in [1.165, 1.54) is 5.56 Å². The van der Waals surface area contributed by atoms with Crippen molar-refractivity contribution in [2.45, 2.75) is 39.0 Å². The third kappa shape index (κ3) is 7.65. The minimum Gasteiger partial charge on any atom is -0.494 e. The molecule has 31 heavy (non-hydrogen) atoms. The van der Waals surface area contributed by atoms with Crippen LogP contribution >= 0.6 is 0 Å². The zero-order valence-corrected chi connectivity index (χ0v) is 19.1. The van der Waals surface area contributed by atoms with Crippen molar-refractivity contribution in [3.05, 3.63) is 59.7 Å². The maximum absolute atomic E-state index is 12.6. The Balaban J connectivity index is 1.48. The SMILES string of the molecule is CC1CN(Cc2ccc(C(=O)Nc3ccc(OCCCN(C)C)cc3)cc2)CC(C)O1. The van der Waals surface area contributed by atoms with Crippen LogP contribution in [0.15, 0.2) is 48.5 Å². The van der Waals surface area contributed by atoms with Crippen LogP contribution in [0.1, 0.15) is 36.2 Å². The predicted octanol–water partition coefficient (Wildman–Crippen LogP) is 3.88. The summed E-state index contributed by atoms with van der Waals surface area (Å²) in [6.07, 6.45) is 1.48. The van der Waals surface area contributed by atoms with Crippen LogP contribution < -0.4 is 10.1 Å². The van der Waals surface area contributed by atoms with Crippen LogP contribution in [-0.4, -0.2) is 68.3 Å². The topological polar surface area (TPSA) is 54.0 Å². The number of anilines is 1. The van der Waals surface area contributed by atoms with E-state index >= 15 is 0 Å². The average molecular weight is 426 g/mol. The van der Waals surface area contributed by atoms with Crippen LogP contribution in [0.3, 0.4) is 0 Å². The van der Waals surface area contributed by atoms with Crippen LogP contribution in [0.25, 0.3) is 0 Å². The molecule has 2 unspecified atom stereocenters. The van der Waals surface area contributed by atoms with E-state index in [4.69, 9.17) is 9.47 Å².